The summed E-state index contributed by atoms with van der Waals surface area (Å²) in [4.78, 5) is 19.1. The standard InChI is InChI=1S/C16H22N4O/c1-17-16-18-13-8-4-5-9-14(13)20(16)12-15(21)19-10-6-2-3-7-11-19/h4-5,8-9H,2-3,6-7,10-12H2,1H3,(H,17,18). The van der Waals surface area contributed by atoms with E-state index in [-0.39, 0.29) is 5.91 Å². The van der Waals surface area contributed by atoms with Crippen LogP contribution in [0.3, 0.4) is 0 Å². The van der Waals surface area contributed by atoms with E-state index in [4.69, 9.17) is 0 Å². The highest BCUT2D eigenvalue weighted by Crippen LogP contribution is 2.20. The number of nitrogens with one attached hydrogen (secondary N) is 1. The molecule has 5 nitrogen and oxygen atoms in total. The fourth-order valence-electron chi connectivity index (χ4n) is 2.98. The minimum Gasteiger partial charge on any atom is -0.359 e. The monoisotopic (exact) mass is 286 g/mol. The van der Waals surface area contributed by atoms with Crippen LogP contribution in [0.1, 0.15) is 25.7 Å². The van der Waals surface area contributed by atoms with Crippen molar-refractivity contribution >= 4 is 22.9 Å². The highest BCUT2D eigenvalue weighted by molar-refractivity contribution is 5.83. The van der Waals surface area contributed by atoms with Crippen molar-refractivity contribution in [2.24, 2.45) is 0 Å². The summed E-state index contributed by atoms with van der Waals surface area (Å²) in [5, 5.41) is 3.09. The summed E-state index contributed by atoms with van der Waals surface area (Å²) in [5.41, 5.74) is 1.93. The van der Waals surface area contributed by atoms with Gasteiger partial charge in [0.1, 0.15) is 6.54 Å². The molecular weight excluding hydrogens is 264 g/mol. The molecule has 0 unspecified atom stereocenters. The zero-order valence-electron chi connectivity index (χ0n) is 12.5. The van der Waals surface area contributed by atoms with Gasteiger partial charge in [-0.1, -0.05) is 25.0 Å². The third-order valence-corrected chi connectivity index (χ3v) is 4.13. The molecule has 3 rings (SSSR count). The zero-order valence-corrected chi connectivity index (χ0v) is 12.5. The summed E-state index contributed by atoms with van der Waals surface area (Å²) in [5.74, 6) is 0.941. The van der Waals surface area contributed by atoms with Crippen molar-refractivity contribution in [2.75, 3.05) is 25.5 Å². The van der Waals surface area contributed by atoms with Gasteiger partial charge in [-0.05, 0) is 25.0 Å². The molecule has 1 aromatic carbocycles. The fourth-order valence-corrected chi connectivity index (χ4v) is 2.98. The number of benzene rings is 1. The molecule has 1 saturated heterocycles. The van der Waals surface area contributed by atoms with Gasteiger partial charge < -0.3 is 14.8 Å². The number of anilines is 1. The number of hydrogen-bond acceptors (Lipinski definition) is 3. The smallest absolute Gasteiger partial charge is 0.242 e. The van der Waals surface area contributed by atoms with Crippen molar-refractivity contribution in [3.63, 3.8) is 0 Å². The van der Waals surface area contributed by atoms with Crippen LogP contribution in [0.2, 0.25) is 0 Å². The van der Waals surface area contributed by atoms with Crippen LogP contribution in [-0.4, -0.2) is 40.5 Å². The molecule has 1 aromatic heterocycles. The Kier molecular flexibility index (Phi) is 4.08. The molecule has 0 atom stereocenters. The molecule has 1 aliphatic heterocycles. The van der Waals surface area contributed by atoms with Crippen LogP contribution in [0.25, 0.3) is 11.0 Å². The molecule has 0 spiro atoms. The van der Waals surface area contributed by atoms with Crippen molar-refractivity contribution in [1.82, 2.24) is 14.5 Å². The van der Waals surface area contributed by atoms with Crippen LogP contribution in [-0.2, 0) is 11.3 Å². The second-order valence-corrected chi connectivity index (χ2v) is 5.56. The van der Waals surface area contributed by atoms with Gasteiger partial charge in [0.05, 0.1) is 11.0 Å². The summed E-state index contributed by atoms with van der Waals surface area (Å²) in [6.07, 6.45) is 4.71. The largest absolute Gasteiger partial charge is 0.359 e. The average molecular weight is 286 g/mol. The number of likely N-dealkylation sites (tertiary alicyclic amines) is 1. The second kappa shape index (κ2) is 6.16. The lowest BCUT2D eigenvalue weighted by molar-refractivity contribution is -0.131. The topological polar surface area (TPSA) is 50.2 Å². The summed E-state index contributed by atoms with van der Waals surface area (Å²) in [6, 6.07) is 7.94. The molecule has 5 heteroatoms. The minimum atomic E-state index is 0.191. The van der Waals surface area contributed by atoms with E-state index >= 15 is 0 Å². The lowest BCUT2D eigenvalue weighted by atomic mass is 10.2. The maximum absolute atomic E-state index is 12.6. The van der Waals surface area contributed by atoms with Gasteiger partial charge in [-0.3, -0.25) is 4.79 Å². The Hall–Kier alpha value is -2.04. The summed E-state index contributed by atoms with van der Waals surface area (Å²) in [6.45, 7) is 2.14. The Morgan fingerprint density at radius 3 is 2.62 bits per heavy atom. The van der Waals surface area contributed by atoms with E-state index in [0.717, 1.165) is 42.9 Å². The summed E-state index contributed by atoms with van der Waals surface area (Å²) >= 11 is 0. The van der Waals surface area contributed by atoms with Gasteiger partial charge in [-0.15, -0.1) is 0 Å². The van der Waals surface area contributed by atoms with Crippen LogP contribution in [0.4, 0.5) is 5.95 Å². The van der Waals surface area contributed by atoms with E-state index in [1.165, 1.54) is 12.8 Å². The molecule has 0 aliphatic carbocycles. The second-order valence-electron chi connectivity index (χ2n) is 5.56. The number of hydrogen-bond donors (Lipinski definition) is 1. The fraction of sp³-hybridized carbons (Fsp3) is 0.500. The molecule has 1 amide bonds. The van der Waals surface area contributed by atoms with E-state index in [0.29, 0.717) is 6.54 Å². The Bertz CT molecular complexity index is 626. The van der Waals surface area contributed by atoms with Gasteiger partial charge in [0.2, 0.25) is 11.9 Å². The highest BCUT2D eigenvalue weighted by atomic mass is 16.2. The average Bonchev–Trinajstić information content (AvgIpc) is 2.68. The van der Waals surface area contributed by atoms with Crippen LogP contribution < -0.4 is 5.32 Å². The molecule has 21 heavy (non-hydrogen) atoms. The molecule has 2 heterocycles. The predicted molar refractivity (Wildman–Crippen MR) is 84.3 cm³/mol. The molecular formula is C16H22N4O. The highest BCUT2D eigenvalue weighted by Gasteiger charge is 2.18. The molecule has 0 saturated carbocycles. The number of carbonyl (C=O) groups excluding carboxylic acids is 1. The van der Waals surface area contributed by atoms with Gasteiger partial charge in [0.25, 0.3) is 0 Å². The Labute approximate surface area is 125 Å². The first-order valence-electron chi connectivity index (χ1n) is 7.70. The van der Waals surface area contributed by atoms with Gasteiger partial charge >= 0.3 is 0 Å². The number of nitrogens with zero attached hydrogens (tertiary/aromatic N) is 3. The lowest BCUT2D eigenvalue weighted by Crippen LogP contribution is -2.34. The minimum absolute atomic E-state index is 0.191. The molecule has 112 valence electrons. The SMILES string of the molecule is CNc1nc2ccccc2n1CC(=O)N1CCCCCC1. The summed E-state index contributed by atoms with van der Waals surface area (Å²) < 4.78 is 1.97. The number of rotatable bonds is 3. The van der Waals surface area contributed by atoms with Crippen molar-refractivity contribution < 1.29 is 4.79 Å². The van der Waals surface area contributed by atoms with E-state index in [1.54, 1.807) is 0 Å². The normalized spacial score (nSPS) is 16.0. The van der Waals surface area contributed by atoms with Crippen LogP contribution in [0, 0.1) is 0 Å². The lowest BCUT2D eigenvalue weighted by Gasteiger charge is -2.21. The van der Waals surface area contributed by atoms with E-state index in [2.05, 4.69) is 10.3 Å². The Morgan fingerprint density at radius 1 is 1.19 bits per heavy atom. The number of fused-ring (bicyclic) bond motifs is 1. The molecule has 2 aromatic rings. The van der Waals surface area contributed by atoms with E-state index < -0.39 is 0 Å². The maximum atomic E-state index is 12.6. The van der Waals surface area contributed by atoms with Crippen molar-refractivity contribution in [2.45, 2.75) is 32.2 Å². The first-order valence-corrected chi connectivity index (χ1v) is 7.70. The molecule has 1 fully saturated rings. The third kappa shape index (κ3) is 2.86. The van der Waals surface area contributed by atoms with E-state index in [1.807, 2.05) is 40.8 Å². The number of amides is 1. The van der Waals surface area contributed by atoms with Gasteiger partial charge in [0, 0.05) is 20.1 Å². The molecule has 0 bridgehead atoms. The number of carbonyl (C=O) groups is 1. The van der Waals surface area contributed by atoms with E-state index in [9.17, 15) is 4.79 Å². The van der Waals surface area contributed by atoms with Gasteiger partial charge in [-0.25, -0.2) is 4.98 Å². The van der Waals surface area contributed by atoms with Crippen LogP contribution >= 0.6 is 0 Å². The van der Waals surface area contributed by atoms with Crippen molar-refractivity contribution in [1.29, 1.82) is 0 Å². The molecule has 1 N–H and O–H groups in total. The van der Waals surface area contributed by atoms with Gasteiger partial charge in [-0.2, -0.15) is 0 Å². The van der Waals surface area contributed by atoms with Crippen LogP contribution in [0.5, 0.6) is 0 Å². The van der Waals surface area contributed by atoms with Crippen LogP contribution in [0.15, 0.2) is 24.3 Å². The number of aromatic nitrogens is 2. The summed E-state index contributed by atoms with van der Waals surface area (Å²) in [7, 11) is 1.84. The quantitative estimate of drug-likeness (QED) is 0.943. The Balaban J connectivity index is 1.84. The third-order valence-electron chi connectivity index (χ3n) is 4.13. The zero-order chi connectivity index (χ0) is 14.7. The first-order chi connectivity index (χ1) is 10.3. The predicted octanol–water partition coefficient (Wildman–Crippen LogP) is 2.48. The van der Waals surface area contributed by atoms with Gasteiger partial charge in [0.15, 0.2) is 0 Å². The molecule has 1 aliphatic rings. The number of para-hydroxylation sites is 2. The maximum Gasteiger partial charge on any atom is 0.242 e. The van der Waals surface area contributed by atoms with Crippen molar-refractivity contribution in [3.8, 4) is 0 Å². The molecule has 0 radical (unpaired) electrons. The first kappa shape index (κ1) is 13.9. The Morgan fingerprint density at radius 2 is 1.90 bits per heavy atom. The van der Waals surface area contributed by atoms with Crippen molar-refractivity contribution in [3.05, 3.63) is 24.3 Å². The number of imidazole rings is 1.